The van der Waals surface area contributed by atoms with E-state index in [2.05, 4.69) is 20.6 Å². The molecule has 1 aromatic carbocycles. The Morgan fingerprint density at radius 3 is 2.73 bits per heavy atom. The lowest BCUT2D eigenvalue weighted by atomic mass is 10.2. The number of rotatable bonds is 8. The second kappa shape index (κ2) is 12.3. The van der Waals surface area contributed by atoms with Crippen molar-refractivity contribution in [2.45, 2.75) is 26.9 Å². The maximum Gasteiger partial charge on any atom is 0.218 e. The van der Waals surface area contributed by atoms with Crippen LogP contribution in [-0.4, -0.2) is 31.2 Å². The van der Waals surface area contributed by atoms with Crippen molar-refractivity contribution in [1.82, 2.24) is 15.6 Å². The van der Waals surface area contributed by atoms with Crippen LogP contribution < -0.4 is 20.1 Å². The van der Waals surface area contributed by atoms with Crippen LogP contribution in [0.5, 0.6) is 11.6 Å². The topological polar surface area (TPSA) is 67.8 Å². The molecule has 1 heterocycles. The highest BCUT2D eigenvalue weighted by Crippen LogP contribution is 2.14. The number of methoxy groups -OCH3 is 1. The molecule has 0 amide bonds. The van der Waals surface area contributed by atoms with Gasteiger partial charge in [-0.2, -0.15) is 0 Å². The van der Waals surface area contributed by atoms with Crippen molar-refractivity contribution in [2.24, 2.45) is 4.99 Å². The maximum absolute atomic E-state index is 5.56. The number of hydrogen-bond acceptors (Lipinski definition) is 4. The minimum atomic E-state index is 0. The second-order valence-corrected chi connectivity index (χ2v) is 5.30. The fourth-order valence-electron chi connectivity index (χ4n) is 2.29. The molecule has 0 saturated carbocycles. The summed E-state index contributed by atoms with van der Waals surface area (Å²) in [5.74, 6) is 2.24. The first-order valence-corrected chi connectivity index (χ1v) is 8.48. The Morgan fingerprint density at radius 1 is 1.15 bits per heavy atom. The molecule has 2 rings (SSSR count). The van der Waals surface area contributed by atoms with E-state index in [1.807, 2.05) is 50.2 Å². The zero-order valence-corrected chi connectivity index (χ0v) is 17.8. The van der Waals surface area contributed by atoms with E-state index in [1.165, 1.54) is 0 Å². The quantitative estimate of drug-likeness (QED) is 0.352. The molecule has 0 aliphatic rings. The number of nitrogens with zero attached hydrogens (tertiary/aromatic N) is 2. The molecule has 0 radical (unpaired) electrons. The van der Waals surface area contributed by atoms with Crippen molar-refractivity contribution in [2.75, 3.05) is 20.3 Å². The van der Waals surface area contributed by atoms with Gasteiger partial charge in [-0.1, -0.05) is 18.2 Å². The highest BCUT2D eigenvalue weighted by Gasteiger charge is 2.05. The predicted molar refractivity (Wildman–Crippen MR) is 115 cm³/mol. The number of aliphatic imine (C=N–C) groups is 1. The number of hydrogen-bond donors (Lipinski definition) is 2. The van der Waals surface area contributed by atoms with Crippen molar-refractivity contribution in [3.63, 3.8) is 0 Å². The Labute approximate surface area is 172 Å². The number of benzene rings is 1. The highest BCUT2D eigenvalue weighted by atomic mass is 127. The van der Waals surface area contributed by atoms with Crippen LogP contribution in [0.25, 0.3) is 0 Å². The summed E-state index contributed by atoms with van der Waals surface area (Å²) in [4.78, 5) is 8.90. The molecule has 6 nitrogen and oxygen atoms in total. The van der Waals surface area contributed by atoms with E-state index in [4.69, 9.17) is 9.47 Å². The lowest BCUT2D eigenvalue weighted by molar-refractivity contribution is 0.322. The molecule has 0 atom stereocenters. The molecule has 26 heavy (non-hydrogen) atoms. The molecule has 0 spiro atoms. The number of guanidine groups is 1. The highest BCUT2D eigenvalue weighted by molar-refractivity contribution is 14.0. The summed E-state index contributed by atoms with van der Waals surface area (Å²) < 4.78 is 10.8. The van der Waals surface area contributed by atoms with Gasteiger partial charge in [0.1, 0.15) is 5.75 Å². The van der Waals surface area contributed by atoms with Crippen LogP contribution in [0.4, 0.5) is 0 Å². The van der Waals surface area contributed by atoms with Gasteiger partial charge in [-0.05, 0) is 37.6 Å². The number of ether oxygens (including phenoxy) is 2. The Hall–Kier alpha value is -2.03. The standard InChI is InChI=1S/C19H26N4O2.HI/c1-4-20-19(22-13-15-8-6-10-17(12-15)24-3)23-14-16-9-7-11-21-18(16)25-5-2;/h6-12H,4-5,13-14H2,1-3H3,(H2,20,22,23);1H. The molecule has 0 unspecified atom stereocenters. The average Bonchev–Trinajstić information content (AvgIpc) is 2.65. The summed E-state index contributed by atoms with van der Waals surface area (Å²) in [6.07, 6.45) is 1.73. The van der Waals surface area contributed by atoms with Gasteiger partial charge in [-0.3, -0.25) is 0 Å². The first-order chi connectivity index (χ1) is 12.3. The Morgan fingerprint density at radius 2 is 2.00 bits per heavy atom. The summed E-state index contributed by atoms with van der Waals surface area (Å²) >= 11 is 0. The number of aromatic nitrogens is 1. The van der Waals surface area contributed by atoms with Crippen LogP contribution in [0.2, 0.25) is 0 Å². The zero-order chi connectivity index (χ0) is 17.9. The third-order valence-corrected chi connectivity index (χ3v) is 3.48. The third-order valence-electron chi connectivity index (χ3n) is 3.48. The van der Waals surface area contributed by atoms with Crippen LogP contribution in [0.1, 0.15) is 25.0 Å². The van der Waals surface area contributed by atoms with Gasteiger partial charge < -0.3 is 20.1 Å². The molecule has 2 N–H and O–H groups in total. The first-order valence-electron chi connectivity index (χ1n) is 8.48. The molecule has 0 saturated heterocycles. The summed E-state index contributed by atoms with van der Waals surface area (Å²) in [6, 6.07) is 11.8. The van der Waals surface area contributed by atoms with Crippen LogP contribution in [-0.2, 0) is 13.1 Å². The minimum Gasteiger partial charge on any atom is -0.497 e. The van der Waals surface area contributed by atoms with Crippen LogP contribution in [0.3, 0.4) is 0 Å². The van der Waals surface area contributed by atoms with Crippen molar-refractivity contribution in [1.29, 1.82) is 0 Å². The predicted octanol–water partition coefficient (Wildman–Crippen LogP) is 3.36. The van der Waals surface area contributed by atoms with Crippen molar-refractivity contribution >= 4 is 29.9 Å². The molecule has 142 valence electrons. The summed E-state index contributed by atoms with van der Waals surface area (Å²) in [6.45, 7) is 6.53. The van der Waals surface area contributed by atoms with Gasteiger partial charge in [0, 0.05) is 24.8 Å². The summed E-state index contributed by atoms with van der Waals surface area (Å²) in [5, 5.41) is 6.57. The van der Waals surface area contributed by atoms with Gasteiger partial charge >= 0.3 is 0 Å². The zero-order valence-electron chi connectivity index (χ0n) is 15.5. The molecule has 2 aromatic rings. The Balaban J connectivity index is 0.00000338. The van der Waals surface area contributed by atoms with Crippen LogP contribution in [0, 0.1) is 0 Å². The van der Waals surface area contributed by atoms with Gasteiger partial charge in [0.2, 0.25) is 5.88 Å². The minimum absolute atomic E-state index is 0. The first kappa shape index (κ1) is 22.0. The fraction of sp³-hybridized carbons (Fsp3) is 0.368. The van der Waals surface area contributed by atoms with Crippen molar-refractivity contribution in [3.8, 4) is 11.6 Å². The molecule has 0 aliphatic carbocycles. The second-order valence-electron chi connectivity index (χ2n) is 5.30. The lowest BCUT2D eigenvalue weighted by Gasteiger charge is -2.13. The summed E-state index contributed by atoms with van der Waals surface area (Å²) in [5.41, 5.74) is 2.09. The van der Waals surface area contributed by atoms with E-state index in [0.29, 0.717) is 25.6 Å². The molecule has 0 bridgehead atoms. The lowest BCUT2D eigenvalue weighted by Crippen LogP contribution is -2.36. The largest absolute Gasteiger partial charge is 0.497 e. The average molecular weight is 470 g/mol. The maximum atomic E-state index is 5.56. The Bertz CT molecular complexity index is 695. The number of halogens is 1. The number of nitrogens with one attached hydrogen (secondary N) is 2. The SMILES string of the molecule is CCNC(=NCc1cccc(OC)c1)NCc1cccnc1OCC.I. The van der Waals surface area contributed by atoms with Gasteiger partial charge in [0.05, 0.1) is 20.3 Å². The van der Waals surface area contributed by atoms with Gasteiger partial charge in [0.25, 0.3) is 0 Å². The number of pyridine rings is 1. The monoisotopic (exact) mass is 470 g/mol. The van der Waals surface area contributed by atoms with Gasteiger partial charge in [-0.25, -0.2) is 9.98 Å². The third kappa shape index (κ3) is 7.07. The van der Waals surface area contributed by atoms with Gasteiger partial charge in [-0.15, -0.1) is 24.0 Å². The molecule has 7 heteroatoms. The molecular formula is C19H27IN4O2. The molecule has 0 fully saturated rings. The van der Waals surface area contributed by atoms with E-state index in [1.54, 1.807) is 13.3 Å². The smallest absolute Gasteiger partial charge is 0.218 e. The molecule has 0 aliphatic heterocycles. The van der Waals surface area contributed by atoms with E-state index in [-0.39, 0.29) is 24.0 Å². The van der Waals surface area contributed by atoms with E-state index < -0.39 is 0 Å². The van der Waals surface area contributed by atoms with Crippen molar-refractivity contribution < 1.29 is 9.47 Å². The van der Waals surface area contributed by atoms with Crippen LogP contribution >= 0.6 is 24.0 Å². The van der Waals surface area contributed by atoms with E-state index in [0.717, 1.165) is 29.4 Å². The van der Waals surface area contributed by atoms with Gasteiger partial charge in [0.15, 0.2) is 5.96 Å². The van der Waals surface area contributed by atoms with Crippen LogP contribution in [0.15, 0.2) is 47.6 Å². The normalized spacial score (nSPS) is 10.7. The van der Waals surface area contributed by atoms with E-state index >= 15 is 0 Å². The fourth-order valence-corrected chi connectivity index (χ4v) is 2.29. The molecular weight excluding hydrogens is 443 g/mol. The summed E-state index contributed by atoms with van der Waals surface area (Å²) in [7, 11) is 1.66. The Kier molecular flexibility index (Phi) is 10.5. The molecule has 1 aromatic heterocycles. The van der Waals surface area contributed by atoms with E-state index in [9.17, 15) is 0 Å². The van der Waals surface area contributed by atoms with Crippen molar-refractivity contribution in [3.05, 3.63) is 53.7 Å².